The number of aromatic amines is 1. The molecule has 0 bridgehead atoms. The van der Waals surface area contributed by atoms with Gasteiger partial charge >= 0.3 is 0 Å². The number of aromatic nitrogens is 2. The van der Waals surface area contributed by atoms with Crippen molar-refractivity contribution in [3.63, 3.8) is 0 Å². The minimum absolute atomic E-state index is 0.164. The predicted molar refractivity (Wildman–Crippen MR) is 123 cm³/mol. The lowest BCUT2D eigenvalue weighted by Crippen LogP contribution is -2.30. The Morgan fingerprint density at radius 2 is 1.84 bits per heavy atom. The number of benzene rings is 2. The topological polar surface area (TPSA) is 104 Å². The van der Waals surface area contributed by atoms with Crippen LogP contribution in [0.3, 0.4) is 0 Å². The first-order valence-corrected chi connectivity index (χ1v) is 12.4. The van der Waals surface area contributed by atoms with Crippen LogP contribution < -0.4 is 10.1 Å². The van der Waals surface area contributed by atoms with Crippen molar-refractivity contribution in [1.82, 2.24) is 14.3 Å². The number of rotatable bonds is 10. The number of anilines is 1. The van der Waals surface area contributed by atoms with Crippen LogP contribution in [0, 0.1) is 0 Å². The Balaban J connectivity index is 1.59. The van der Waals surface area contributed by atoms with Gasteiger partial charge in [0.25, 0.3) is 0 Å². The molecule has 2 aromatic carbocycles. The molecule has 0 saturated heterocycles. The molecule has 1 amide bonds. The van der Waals surface area contributed by atoms with Crippen LogP contribution in [0.2, 0.25) is 0 Å². The maximum absolute atomic E-state index is 12.5. The van der Waals surface area contributed by atoms with Crippen LogP contribution in [0.4, 0.5) is 5.69 Å². The number of nitrogens with zero attached hydrogens (tertiary/aromatic N) is 2. The van der Waals surface area contributed by atoms with E-state index in [1.807, 2.05) is 25.1 Å². The number of hydrogen-bond acceptors (Lipinski definition) is 6. The fourth-order valence-electron chi connectivity index (χ4n) is 3.04. The summed E-state index contributed by atoms with van der Waals surface area (Å²) in [7, 11) is -3.52. The molecule has 10 heteroatoms. The van der Waals surface area contributed by atoms with Crippen LogP contribution in [-0.4, -0.2) is 54.0 Å². The lowest BCUT2D eigenvalue weighted by atomic mass is 10.3. The Morgan fingerprint density at radius 3 is 2.48 bits per heavy atom. The summed E-state index contributed by atoms with van der Waals surface area (Å²) in [5.41, 5.74) is 2.19. The Kier molecular flexibility index (Phi) is 7.58. The van der Waals surface area contributed by atoms with E-state index in [-0.39, 0.29) is 16.6 Å². The third-order valence-electron chi connectivity index (χ3n) is 4.56. The number of thioether (sulfide) groups is 1. The smallest absolute Gasteiger partial charge is 0.243 e. The standard InChI is InChI=1S/C21H26N4O4S2/c1-4-25(5-2)31(27,28)17-10-7-15(8-11-17)22-20(26)14-30-21-23-18-12-9-16(29-6-3)13-19(18)24-21/h7-13H,4-6,14H2,1-3H3,(H,22,26)(H,23,24). The third kappa shape index (κ3) is 5.57. The Hall–Kier alpha value is -2.56. The molecule has 31 heavy (non-hydrogen) atoms. The van der Waals surface area contributed by atoms with Gasteiger partial charge in [-0.25, -0.2) is 13.4 Å². The minimum atomic E-state index is -3.52. The van der Waals surface area contributed by atoms with Gasteiger partial charge in [0.15, 0.2) is 5.16 Å². The largest absolute Gasteiger partial charge is 0.494 e. The molecular weight excluding hydrogens is 436 g/mol. The van der Waals surface area contributed by atoms with Crippen LogP contribution in [-0.2, 0) is 14.8 Å². The maximum Gasteiger partial charge on any atom is 0.243 e. The highest BCUT2D eigenvalue weighted by molar-refractivity contribution is 7.99. The Labute approximate surface area is 186 Å². The summed E-state index contributed by atoms with van der Waals surface area (Å²) in [5, 5.41) is 3.42. The second-order valence-electron chi connectivity index (χ2n) is 6.60. The predicted octanol–water partition coefficient (Wildman–Crippen LogP) is 3.72. The quantitative estimate of drug-likeness (QED) is 0.445. The Morgan fingerprint density at radius 1 is 1.13 bits per heavy atom. The molecule has 0 atom stereocenters. The molecule has 2 N–H and O–H groups in total. The van der Waals surface area contributed by atoms with Crippen LogP contribution >= 0.6 is 11.8 Å². The summed E-state index contributed by atoms with van der Waals surface area (Å²) in [6.07, 6.45) is 0. The van der Waals surface area contributed by atoms with Gasteiger partial charge in [-0.15, -0.1) is 0 Å². The number of nitrogens with one attached hydrogen (secondary N) is 2. The highest BCUT2D eigenvalue weighted by Crippen LogP contribution is 2.24. The van der Waals surface area contributed by atoms with Crippen molar-refractivity contribution in [2.75, 3.05) is 30.8 Å². The number of carbonyl (C=O) groups is 1. The number of imidazole rings is 1. The number of amides is 1. The summed E-state index contributed by atoms with van der Waals surface area (Å²) in [6, 6.07) is 11.8. The monoisotopic (exact) mass is 462 g/mol. The molecule has 0 aliphatic carbocycles. The van der Waals surface area contributed by atoms with Crippen molar-refractivity contribution in [3.8, 4) is 5.75 Å². The lowest BCUT2D eigenvalue weighted by molar-refractivity contribution is -0.113. The highest BCUT2D eigenvalue weighted by Gasteiger charge is 2.21. The van der Waals surface area contributed by atoms with Crippen molar-refractivity contribution in [2.24, 2.45) is 0 Å². The average molecular weight is 463 g/mol. The van der Waals surface area contributed by atoms with Crippen molar-refractivity contribution < 1.29 is 17.9 Å². The van der Waals surface area contributed by atoms with Gasteiger partial charge in [0, 0.05) is 24.8 Å². The van der Waals surface area contributed by atoms with E-state index in [0.29, 0.717) is 30.5 Å². The zero-order valence-corrected chi connectivity index (χ0v) is 19.3. The van der Waals surface area contributed by atoms with Gasteiger partial charge in [0.1, 0.15) is 5.75 Å². The molecule has 0 radical (unpaired) electrons. The first kappa shape index (κ1) is 23.1. The van der Waals surface area contributed by atoms with Gasteiger partial charge in [-0.1, -0.05) is 25.6 Å². The molecule has 166 valence electrons. The molecule has 1 aromatic heterocycles. The minimum Gasteiger partial charge on any atom is -0.494 e. The van der Waals surface area contributed by atoms with Gasteiger partial charge < -0.3 is 15.0 Å². The number of carbonyl (C=O) groups excluding carboxylic acids is 1. The molecule has 0 aliphatic rings. The summed E-state index contributed by atoms with van der Waals surface area (Å²) >= 11 is 1.29. The first-order valence-electron chi connectivity index (χ1n) is 10.0. The van der Waals surface area contributed by atoms with E-state index in [1.54, 1.807) is 26.0 Å². The normalized spacial score (nSPS) is 11.7. The van der Waals surface area contributed by atoms with E-state index < -0.39 is 10.0 Å². The number of fused-ring (bicyclic) bond motifs is 1. The second kappa shape index (κ2) is 10.2. The van der Waals surface area contributed by atoms with E-state index in [2.05, 4.69) is 15.3 Å². The van der Waals surface area contributed by atoms with Crippen LogP contribution in [0.1, 0.15) is 20.8 Å². The summed E-state index contributed by atoms with van der Waals surface area (Å²) in [4.78, 5) is 20.2. The van der Waals surface area contributed by atoms with Gasteiger partial charge in [-0.05, 0) is 43.3 Å². The van der Waals surface area contributed by atoms with E-state index in [4.69, 9.17) is 4.74 Å². The number of hydrogen-bond donors (Lipinski definition) is 2. The van der Waals surface area contributed by atoms with Crippen molar-refractivity contribution in [2.45, 2.75) is 30.8 Å². The number of H-pyrrole nitrogens is 1. The fraction of sp³-hybridized carbons (Fsp3) is 0.333. The molecule has 0 aliphatic heterocycles. The number of ether oxygens (including phenoxy) is 1. The molecule has 8 nitrogen and oxygen atoms in total. The molecule has 1 heterocycles. The lowest BCUT2D eigenvalue weighted by Gasteiger charge is -2.18. The van der Waals surface area contributed by atoms with Crippen molar-refractivity contribution in [3.05, 3.63) is 42.5 Å². The summed E-state index contributed by atoms with van der Waals surface area (Å²) < 4.78 is 31.9. The molecule has 0 saturated carbocycles. The first-order chi connectivity index (χ1) is 14.9. The maximum atomic E-state index is 12.5. The van der Waals surface area contributed by atoms with Gasteiger partial charge in [0.05, 0.1) is 28.3 Å². The molecule has 3 rings (SSSR count). The van der Waals surface area contributed by atoms with Crippen LogP contribution in [0.5, 0.6) is 5.75 Å². The number of sulfonamides is 1. The van der Waals surface area contributed by atoms with Crippen LogP contribution in [0.15, 0.2) is 52.5 Å². The molecular formula is C21H26N4O4S2. The van der Waals surface area contributed by atoms with Gasteiger partial charge in [0.2, 0.25) is 15.9 Å². The molecule has 0 unspecified atom stereocenters. The third-order valence-corrected chi connectivity index (χ3v) is 7.50. The van der Waals surface area contributed by atoms with Crippen molar-refractivity contribution in [1.29, 1.82) is 0 Å². The molecule has 0 spiro atoms. The van der Waals surface area contributed by atoms with Gasteiger partial charge in [-0.3, -0.25) is 4.79 Å². The van der Waals surface area contributed by atoms with E-state index in [1.165, 1.54) is 28.2 Å². The fourth-order valence-corrected chi connectivity index (χ4v) is 5.19. The molecule has 0 fully saturated rings. The summed E-state index contributed by atoms with van der Waals surface area (Å²) in [5.74, 6) is 0.719. The van der Waals surface area contributed by atoms with Crippen molar-refractivity contribution >= 4 is 44.4 Å². The average Bonchev–Trinajstić information content (AvgIpc) is 3.16. The Bertz CT molecular complexity index is 1140. The van der Waals surface area contributed by atoms with E-state index in [0.717, 1.165) is 16.8 Å². The van der Waals surface area contributed by atoms with E-state index in [9.17, 15) is 13.2 Å². The second-order valence-corrected chi connectivity index (χ2v) is 9.51. The summed E-state index contributed by atoms with van der Waals surface area (Å²) in [6.45, 7) is 6.92. The zero-order chi connectivity index (χ0) is 22.4. The zero-order valence-electron chi connectivity index (χ0n) is 17.7. The van der Waals surface area contributed by atoms with Gasteiger partial charge in [-0.2, -0.15) is 4.31 Å². The molecule has 3 aromatic rings. The SMILES string of the molecule is CCOc1ccc2nc(SCC(=O)Nc3ccc(S(=O)(=O)N(CC)CC)cc3)[nH]c2c1. The van der Waals surface area contributed by atoms with Crippen LogP contribution in [0.25, 0.3) is 11.0 Å². The van der Waals surface area contributed by atoms with E-state index >= 15 is 0 Å². The highest BCUT2D eigenvalue weighted by atomic mass is 32.2.